The first-order valence-corrected chi connectivity index (χ1v) is 6.54. The Hall–Kier alpha value is -2.53. The first kappa shape index (κ1) is 14.9. The number of nitrogens with two attached hydrogens (primary N) is 1. The van der Waals surface area contributed by atoms with E-state index in [1.54, 1.807) is 42.5 Å². The molecule has 0 saturated heterocycles. The molecule has 4 N–H and O–H groups in total. The number of amides is 1. The average molecular weight is 304 g/mol. The summed E-state index contributed by atoms with van der Waals surface area (Å²) in [5.41, 5.74) is 7.97. The largest absolute Gasteiger partial charge is 0.409 e. The Kier molecular flexibility index (Phi) is 4.45. The standard InChI is InChI=1S/C15H14ClN3O2/c1-9-5-6-10(14(17)19-21)8-13(9)18-15(20)11-3-2-4-12(16)7-11/h2-8,21H,1H3,(H2,17,19)(H,18,20). The highest BCUT2D eigenvalue weighted by Crippen LogP contribution is 2.19. The van der Waals surface area contributed by atoms with Gasteiger partial charge in [-0.3, -0.25) is 4.79 Å². The molecule has 108 valence electrons. The number of hydrogen-bond acceptors (Lipinski definition) is 3. The molecule has 0 spiro atoms. The second-order valence-electron chi connectivity index (χ2n) is 4.48. The molecular formula is C15H14ClN3O2. The van der Waals surface area contributed by atoms with Crippen molar-refractivity contribution in [3.8, 4) is 0 Å². The van der Waals surface area contributed by atoms with E-state index in [1.807, 2.05) is 6.92 Å². The van der Waals surface area contributed by atoms with E-state index in [1.165, 1.54) is 0 Å². The zero-order valence-corrected chi connectivity index (χ0v) is 12.1. The zero-order valence-electron chi connectivity index (χ0n) is 11.3. The molecule has 0 aliphatic carbocycles. The Bertz CT molecular complexity index is 714. The monoisotopic (exact) mass is 303 g/mol. The van der Waals surface area contributed by atoms with Crippen molar-refractivity contribution in [3.63, 3.8) is 0 Å². The Morgan fingerprint density at radius 2 is 2.00 bits per heavy atom. The molecule has 0 aliphatic heterocycles. The highest BCUT2D eigenvalue weighted by atomic mass is 35.5. The van der Waals surface area contributed by atoms with Gasteiger partial charge in [-0.15, -0.1) is 0 Å². The van der Waals surface area contributed by atoms with Crippen LogP contribution in [0.25, 0.3) is 0 Å². The predicted octanol–water partition coefficient (Wildman–Crippen LogP) is 3.00. The van der Waals surface area contributed by atoms with Crippen LogP contribution in [0.1, 0.15) is 21.5 Å². The van der Waals surface area contributed by atoms with Gasteiger partial charge in [0.25, 0.3) is 5.91 Å². The van der Waals surface area contributed by atoms with Crippen LogP contribution in [0.15, 0.2) is 47.6 Å². The van der Waals surface area contributed by atoms with E-state index < -0.39 is 0 Å². The minimum atomic E-state index is -0.280. The van der Waals surface area contributed by atoms with Crippen LogP contribution in [-0.4, -0.2) is 17.0 Å². The Labute approximate surface area is 127 Å². The minimum absolute atomic E-state index is 0.0201. The maximum atomic E-state index is 12.2. The van der Waals surface area contributed by atoms with E-state index in [2.05, 4.69) is 10.5 Å². The van der Waals surface area contributed by atoms with Crippen LogP contribution in [-0.2, 0) is 0 Å². The van der Waals surface area contributed by atoms with Gasteiger partial charge in [0.05, 0.1) is 0 Å². The average Bonchev–Trinajstić information content (AvgIpc) is 2.48. The van der Waals surface area contributed by atoms with Crippen LogP contribution in [0.4, 0.5) is 5.69 Å². The van der Waals surface area contributed by atoms with Crippen LogP contribution >= 0.6 is 11.6 Å². The summed E-state index contributed by atoms with van der Waals surface area (Å²) in [7, 11) is 0. The third-order valence-electron chi connectivity index (χ3n) is 2.98. The van der Waals surface area contributed by atoms with Gasteiger partial charge in [-0.1, -0.05) is 35.0 Å². The summed E-state index contributed by atoms with van der Waals surface area (Å²) in [5.74, 6) is -0.300. The van der Waals surface area contributed by atoms with Gasteiger partial charge in [-0.05, 0) is 36.8 Å². The first-order valence-electron chi connectivity index (χ1n) is 6.16. The second-order valence-corrected chi connectivity index (χ2v) is 4.92. The predicted molar refractivity (Wildman–Crippen MR) is 83.1 cm³/mol. The van der Waals surface area contributed by atoms with Gasteiger partial charge < -0.3 is 16.3 Å². The fourth-order valence-electron chi connectivity index (χ4n) is 1.80. The molecule has 1 amide bonds. The van der Waals surface area contributed by atoms with Crippen LogP contribution in [0, 0.1) is 6.92 Å². The molecule has 0 atom stereocenters. The molecule has 0 heterocycles. The van der Waals surface area contributed by atoms with Gasteiger partial charge >= 0.3 is 0 Å². The van der Waals surface area contributed by atoms with Gasteiger partial charge in [0.2, 0.25) is 0 Å². The molecule has 2 aromatic carbocycles. The molecule has 2 aromatic rings. The molecule has 0 bridgehead atoms. The molecule has 2 rings (SSSR count). The van der Waals surface area contributed by atoms with Gasteiger partial charge in [-0.25, -0.2) is 0 Å². The summed E-state index contributed by atoms with van der Waals surface area (Å²) < 4.78 is 0. The Morgan fingerprint density at radius 3 is 2.67 bits per heavy atom. The van der Waals surface area contributed by atoms with E-state index in [4.69, 9.17) is 22.5 Å². The lowest BCUT2D eigenvalue weighted by atomic mass is 10.1. The number of aryl methyl sites for hydroxylation is 1. The smallest absolute Gasteiger partial charge is 0.255 e. The third kappa shape index (κ3) is 3.52. The Balaban J connectivity index is 2.29. The highest BCUT2D eigenvalue weighted by molar-refractivity contribution is 6.31. The summed E-state index contributed by atoms with van der Waals surface area (Å²) in [6.45, 7) is 1.85. The van der Waals surface area contributed by atoms with Crippen molar-refractivity contribution in [2.75, 3.05) is 5.32 Å². The number of carbonyl (C=O) groups excluding carboxylic acids is 1. The number of carbonyl (C=O) groups is 1. The molecule has 0 aromatic heterocycles. The van der Waals surface area contributed by atoms with Crippen molar-refractivity contribution in [1.82, 2.24) is 0 Å². The normalized spacial score (nSPS) is 11.2. The number of halogens is 1. The number of nitrogens with zero attached hydrogens (tertiary/aromatic N) is 1. The van der Waals surface area contributed by atoms with Gasteiger partial charge in [-0.2, -0.15) is 0 Å². The van der Waals surface area contributed by atoms with E-state index >= 15 is 0 Å². The fourth-order valence-corrected chi connectivity index (χ4v) is 1.99. The summed E-state index contributed by atoms with van der Waals surface area (Å²) in [6.07, 6.45) is 0. The van der Waals surface area contributed by atoms with E-state index in [0.717, 1.165) is 5.56 Å². The van der Waals surface area contributed by atoms with E-state index in [-0.39, 0.29) is 11.7 Å². The highest BCUT2D eigenvalue weighted by Gasteiger charge is 2.10. The molecule has 21 heavy (non-hydrogen) atoms. The number of rotatable bonds is 3. The van der Waals surface area contributed by atoms with Crippen molar-refractivity contribution >= 4 is 29.0 Å². The number of nitrogens with one attached hydrogen (secondary N) is 1. The number of amidine groups is 1. The summed E-state index contributed by atoms with van der Waals surface area (Å²) in [4.78, 5) is 12.2. The lowest BCUT2D eigenvalue weighted by Gasteiger charge is -2.10. The SMILES string of the molecule is Cc1ccc(C(N)=NO)cc1NC(=O)c1cccc(Cl)c1. The molecular weight excluding hydrogens is 290 g/mol. The first-order chi connectivity index (χ1) is 10.0. The lowest BCUT2D eigenvalue weighted by molar-refractivity contribution is 0.102. The topological polar surface area (TPSA) is 87.7 Å². The second kappa shape index (κ2) is 6.28. The molecule has 0 unspecified atom stereocenters. The van der Waals surface area contributed by atoms with Crippen LogP contribution in [0.3, 0.4) is 0 Å². The number of anilines is 1. The maximum absolute atomic E-state index is 12.2. The van der Waals surface area contributed by atoms with Crippen LogP contribution < -0.4 is 11.1 Å². The van der Waals surface area contributed by atoms with E-state index in [9.17, 15) is 4.79 Å². The summed E-state index contributed by atoms with van der Waals surface area (Å²) >= 11 is 5.87. The molecule has 5 nitrogen and oxygen atoms in total. The molecule has 6 heteroatoms. The van der Waals surface area contributed by atoms with Gasteiger partial charge in [0, 0.05) is 21.8 Å². The number of hydrogen-bond donors (Lipinski definition) is 3. The Morgan fingerprint density at radius 1 is 1.24 bits per heavy atom. The molecule has 0 aliphatic rings. The molecule has 0 radical (unpaired) electrons. The van der Waals surface area contributed by atoms with Crippen LogP contribution in [0.2, 0.25) is 5.02 Å². The van der Waals surface area contributed by atoms with Crippen molar-refractivity contribution in [3.05, 3.63) is 64.2 Å². The third-order valence-corrected chi connectivity index (χ3v) is 3.21. The van der Waals surface area contributed by atoms with Crippen molar-refractivity contribution in [2.45, 2.75) is 6.92 Å². The van der Waals surface area contributed by atoms with Crippen molar-refractivity contribution < 1.29 is 10.0 Å². The quantitative estimate of drug-likeness (QED) is 0.352. The molecule has 0 fully saturated rings. The summed E-state index contributed by atoms with van der Waals surface area (Å²) in [5, 5.41) is 14.9. The zero-order chi connectivity index (χ0) is 15.4. The number of oxime groups is 1. The van der Waals surface area contributed by atoms with Crippen LogP contribution in [0.5, 0.6) is 0 Å². The van der Waals surface area contributed by atoms with Crippen molar-refractivity contribution in [2.24, 2.45) is 10.9 Å². The lowest BCUT2D eigenvalue weighted by Crippen LogP contribution is -2.16. The fraction of sp³-hybridized carbons (Fsp3) is 0.0667. The van der Waals surface area contributed by atoms with Crippen molar-refractivity contribution in [1.29, 1.82) is 0 Å². The number of benzene rings is 2. The van der Waals surface area contributed by atoms with Gasteiger partial charge in [0.15, 0.2) is 5.84 Å². The minimum Gasteiger partial charge on any atom is -0.409 e. The molecule has 0 saturated carbocycles. The van der Waals surface area contributed by atoms with E-state index in [0.29, 0.717) is 21.8 Å². The summed E-state index contributed by atoms with van der Waals surface area (Å²) in [6, 6.07) is 11.8. The maximum Gasteiger partial charge on any atom is 0.255 e. The van der Waals surface area contributed by atoms with Gasteiger partial charge in [0.1, 0.15) is 0 Å².